The van der Waals surface area contributed by atoms with E-state index in [0.29, 0.717) is 21.5 Å². The third-order valence-electron chi connectivity index (χ3n) is 4.01. The molecule has 112 valence electrons. The molecular weight excluding hydrogens is 307 g/mol. The topological polar surface area (TPSA) is 44.1 Å². The number of nitrogens with zero attached hydrogens (tertiary/aromatic N) is 2. The van der Waals surface area contributed by atoms with Gasteiger partial charge in [0.15, 0.2) is 0 Å². The summed E-state index contributed by atoms with van der Waals surface area (Å²) in [4.78, 5) is 14.2. The first-order valence-electron chi connectivity index (χ1n) is 7.13. The third kappa shape index (κ3) is 4.12. The molecule has 3 nitrogen and oxygen atoms in total. The summed E-state index contributed by atoms with van der Waals surface area (Å²) in [6.45, 7) is 3.77. The minimum absolute atomic E-state index is 0.0273. The van der Waals surface area contributed by atoms with Crippen LogP contribution in [0, 0.1) is 17.2 Å². The normalized spacial score (nSPS) is 17.3. The molecule has 0 radical (unpaired) electrons. The van der Waals surface area contributed by atoms with Crippen LogP contribution in [0.5, 0.6) is 0 Å². The molecule has 1 atom stereocenters. The van der Waals surface area contributed by atoms with E-state index in [2.05, 4.69) is 13.0 Å². The van der Waals surface area contributed by atoms with Gasteiger partial charge in [-0.1, -0.05) is 36.2 Å². The Morgan fingerprint density at radius 2 is 2.10 bits per heavy atom. The van der Waals surface area contributed by atoms with Gasteiger partial charge in [-0.3, -0.25) is 4.79 Å². The minimum atomic E-state index is -0.526. The van der Waals surface area contributed by atoms with Crippen molar-refractivity contribution in [1.29, 1.82) is 5.26 Å². The molecule has 21 heavy (non-hydrogen) atoms. The molecular formula is C16H18Cl2N2O. The maximum Gasteiger partial charge on any atom is 0.224 e. The van der Waals surface area contributed by atoms with E-state index in [9.17, 15) is 10.1 Å². The largest absolute Gasteiger partial charge is 0.343 e. The summed E-state index contributed by atoms with van der Waals surface area (Å²) in [5.41, 5.74) is 0.669. The van der Waals surface area contributed by atoms with Gasteiger partial charge >= 0.3 is 0 Å². The number of likely N-dealkylation sites (tertiary alicyclic amines) is 1. The Hall–Kier alpha value is -1.24. The maximum atomic E-state index is 12.3. The molecule has 1 heterocycles. The second-order valence-electron chi connectivity index (χ2n) is 5.61. The SMILES string of the molecule is CC1CCN(C(=O)CC(C#N)c2ccc(Cl)cc2Cl)CC1. The molecule has 0 saturated carbocycles. The van der Waals surface area contributed by atoms with Crippen molar-refractivity contribution in [3.05, 3.63) is 33.8 Å². The van der Waals surface area contributed by atoms with Crippen molar-refractivity contribution < 1.29 is 4.79 Å². The van der Waals surface area contributed by atoms with Crippen LogP contribution in [-0.4, -0.2) is 23.9 Å². The highest BCUT2D eigenvalue weighted by Gasteiger charge is 2.24. The number of amides is 1. The fraction of sp³-hybridized carbons (Fsp3) is 0.500. The van der Waals surface area contributed by atoms with Crippen molar-refractivity contribution in [3.8, 4) is 6.07 Å². The predicted octanol–water partition coefficient (Wildman–Crippen LogP) is 4.25. The monoisotopic (exact) mass is 324 g/mol. The number of nitriles is 1. The lowest BCUT2D eigenvalue weighted by atomic mass is 9.94. The van der Waals surface area contributed by atoms with Crippen LogP contribution in [0.3, 0.4) is 0 Å². The molecule has 5 heteroatoms. The number of carbonyl (C=O) groups is 1. The van der Waals surface area contributed by atoms with E-state index >= 15 is 0 Å². The second-order valence-corrected chi connectivity index (χ2v) is 6.46. The number of benzene rings is 1. The van der Waals surface area contributed by atoms with E-state index in [1.54, 1.807) is 18.2 Å². The van der Waals surface area contributed by atoms with Crippen LogP contribution in [0.1, 0.15) is 37.7 Å². The van der Waals surface area contributed by atoms with Crippen molar-refractivity contribution in [2.24, 2.45) is 5.92 Å². The van der Waals surface area contributed by atoms with Gasteiger partial charge < -0.3 is 4.90 Å². The number of rotatable bonds is 3. The molecule has 1 fully saturated rings. The number of halogens is 2. The van der Waals surface area contributed by atoms with E-state index < -0.39 is 5.92 Å². The quantitative estimate of drug-likeness (QED) is 0.834. The van der Waals surface area contributed by atoms with Crippen molar-refractivity contribution in [1.82, 2.24) is 4.90 Å². The van der Waals surface area contributed by atoms with Gasteiger partial charge in [0.2, 0.25) is 5.91 Å². The molecule has 0 aliphatic carbocycles. The Labute approximate surface area is 135 Å². The Morgan fingerprint density at radius 3 is 2.67 bits per heavy atom. The lowest BCUT2D eigenvalue weighted by Crippen LogP contribution is -2.38. The summed E-state index contributed by atoms with van der Waals surface area (Å²) in [5.74, 6) is 0.174. The number of carbonyl (C=O) groups excluding carboxylic acids is 1. The van der Waals surface area contributed by atoms with Gasteiger partial charge in [-0.25, -0.2) is 0 Å². The summed E-state index contributed by atoms with van der Waals surface area (Å²) in [6, 6.07) is 7.21. The molecule has 1 saturated heterocycles. The van der Waals surface area contributed by atoms with Crippen LogP contribution in [0.25, 0.3) is 0 Å². The summed E-state index contributed by atoms with van der Waals surface area (Å²) in [6.07, 6.45) is 2.24. The minimum Gasteiger partial charge on any atom is -0.343 e. The summed E-state index contributed by atoms with van der Waals surface area (Å²) < 4.78 is 0. The van der Waals surface area contributed by atoms with Gasteiger partial charge in [0.25, 0.3) is 0 Å². The number of hydrogen-bond acceptors (Lipinski definition) is 2. The Kier molecular flexibility index (Phi) is 5.50. The predicted molar refractivity (Wildman–Crippen MR) is 84.4 cm³/mol. The smallest absolute Gasteiger partial charge is 0.224 e. The average Bonchev–Trinajstić information content (AvgIpc) is 2.46. The molecule has 0 N–H and O–H groups in total. The third-order valence-corrected chi connectivity index (χ3v) is 4.57. The molecule has 2 rings (SSSR count). The van der Waals surface area contributed by atoms with Gasteiger partial charge in [0, 0.05) is 29.6 Å². The Bertz CT molecular complexity index is 560. The molecule has 0 bridgehead atoms. The van der Waals surface area contributed by atoms with Crippen LogP contribution in [-0.2, 0) is 4.79 Å². The van der Waals surface area contributed by atoms with E-state index in [1.165, 1.54) is 0 Å². The van der Waals surface area contributed by atoms with Crippen molar-refractivity contribution in [2.75, 3.05) is 13.1 Å². The van der Waals surface area contributed by atoms with E-state index in [-0.39, 0.29) is 12.3 Å². The first-order chi connectivity index (χ1) is 10.0. The zero-order chi connectivity index (χ0) is 15.4. The molecule has 1 aliphatic heterocycles. The van der Waals surface area contributed by atoms with Gasteiger partial charge in [-0.2, -0.15) is 5.26 Å². The number of hydrogen-bond donors (Lipinski definition) is 0. The molecule has 0 aromatic heterocycles. The van der Waals surface area contributed by atoms with Crippen molar-refractivity contribution >= 4 is 29.1 Å². The molecule has 1 unspecified atom stereocenters. The average molecular weight is 325 g/mol. The fourth-order valence-electron chi connectivity index (χ4n) is 2.57. The molecule has 1 amide bonds. The van der Waals surface area contributed by atoms with Crippen molar-refractivity contribution in [3.63, 3.8) is 0 Å². The zero-order valence-electron chi connectivity index (χ0n) is 12.0. The zero-order valence-corrected chi connectivity index (χ0v) is 13.5. The second kappa shape index (κ2) is 7.15. The standard InChI is InChI=1S/C16H18Cl2N2O/c1-11-4-6-20(7-5-11)16(21)8-12(10-19)14-3-2-13(17)9-15(14)18/h2-3,9,11-12H,4-8H2,1H3. The first kappa shape index (κ1) is 16.1. The first-order valence-corrected chi connectivity index (χ1v) is 7.89. The van der Waals surface area contributed by atoms with Gasteiger partial charge in [0.1, 0.15) is 0 Å². The van der Waals surface area contributed by atoms with Crippen LogP contribution in [0.4, 0.5) is 0 Å². The Balaban J connectivity index is 2.05. The van der Waals surface area contributed by atoms with Gasteiger partial charge in [-0.15, -0.1) is 0 Å². The van der Waals surface area contributed by atoms with Crippen LogP contribution < -0.4 is 0 Å². The van der Waals surface area contributed by atoms with E-state index in [0.717, 1.165) is 25.9 Å². The highest BCUT2D eigenvalue weighted by Crippen LogP contribution is 2.30. The van der Waals surface area contributed by atoms with Crippen LogP contribution in [0.15, 0.2) is 18.2 Å². The van der Waals surface area contributed by atoms with Crippen molar-refractivity contribution in [2.45, 2.75) is 32.1 Å². The van der Waals surface area contributed by atoms with E-state index in [1.807, 2.05) is 4.90 Å². The lowest BCUT2D eigenvalue weighted by molar-refractivity contribution is -0.132. The van der Waals surface area contributed by atoms with Gasteiger partial charge in [0.05, 0.1) is 12.0 Å². The molecule has 1 aromatic rings. The van der Waals surface area contributed by atoms with E-state index in [4.69, 9.17) is 23.2 Å². The lowest BCUT2D eigenvalue weighted by Gasteiger charge is -2.31. The summed E-state index contributed by atoms with van der Waals surface area (Å²) in [5, 5.41) is 10.3. The summed E-state index contributed by atoms with van der Waals surface area (Å²) >= 11 is 12.0. The van der Waals surface area contributed by atoms with Gasteiger partial charge in [-0.05, 0) is 36.5 Å². The highest BCUT2D eigenvalue weighted by atomic mass is 35.5. The molecule has 1 aromatic carbocycles. The van der Waals surface area contributed by atoms with Crippen LogP contribution in [0.2, 0.25) is 10.0 Å². The Morgan fingerprint density at radius 1 is 1.43 bits per heavy atom. The number of piperidine rings is 1. The fourth-order valence-corrected chi connectivity index (χ4v) is 3.11. The maximum absolute atomic E-state index is 12.3. The van der Waals surface area contributed by atoms with Crippen LogP contribution >= 0.6 is 23.2 Å². The summed E-state index contributed by atoms with van der Waals surface area (Å²) in [7, 11) is 0. The molecule has 0 spiro atoms. The molecule has 1 aliphatic rings. The highest BCUT2D eigenvalue weighted by molar-refractivity contribution is 6.35.